The van der Waals surface area contributed by atoms with Crippen LogP contribution in [0.5, 0.6) is 0 Å². The number of hydrogen-bond acceptors (Lipinski definition) is 3. The van der Waals surface area contributed by atoms with E-state index >= 15 is 0 Å². The van der Waals surface area contributed by atoms with Crippen molar-refractivity contribution in [3.8, 4) is 0 Å². The van der Waals surface area contributed by atoms with E-state index in [2.05, 4.69) is 32.9 Å². The Morgan fingerprint density at radius 2 is 2.08 bits per heavy atom. The van der Waals surface area contributed by atoms with Crippen molar-refractivity contribution in [1.82, 2.24) is 15.6 Å². The van der Waals surface area contributed by atoms with E-state index in [-0.39, 0.29) is 29.8 Å². The van der Waals surface area contributed by atoms with Crippen molar-refractivity contribution in [2.45, 2.75) is 40.3 Å². The molecule has 0 unspecified atom stereocenters. The van der Waals surface area contributed by atoms with Crippen molar-refractivity contribution < 1.29 is 4.39 Å². The van der Waals surface area contributed by atoms with E-state index in [4.69, 9.17) is 0 Å². The first-order valence-corrected chi connectivity index (χ1v) is 8.70. The second kappa shape index (κ2) is 10.6. The first kappa shape index (κ1) is 20.8. The predicted molar refractivity (Wildman–Crippen MR) is 110 cm³/mol. The van der Waals surface area contributed by atoms with Gasteiger partial charge in [0.05, 0.1) is 23.8 Å². The summed E-state index contributed by atoms with van der Waals surface area (Å²) < 4.78 is 13.6. The molecule has 0 saturated carbocycles. The van der Waals surface area contributed by atoms with Crippen LogP contribution < -0.4 is 10.6 Å². The lowest BCUT2D eigenvalue weighted by Gasteiger charge is -2.10. The zero-order valence-corrected chi connectivity index (χ0v) is 17.4. The Hall–Kier alpha value is -1.22. The van der Waals surface area contributed by atoms with Gasteiger partial charge in [0.2, 0.25) is 0 Å². The minimum atomic E-state index is -0.190. The van der Waals surface area contributed by atoms with Crippen LogP contribution in [0.15, 0.2) is 28.6 Å². The fourth-order valence-electron chi connectivity index (χ4n) is 2.01. The topological polar surface area (TPSA) is 49.3 Å². The molecular formula is C17H24FIN4S. The molecule has 1 aromatic carbocycles. The monoisotopic (exact) mass is 462 g/mol. The average Bonchev–Trinajstić information content (AvgIpc) is 3.01. The summed E-state index contributed by atoms with van der Waals surface area (Å²) in [5, 5.41) is 9.65. The summed E-state index contributed by atoms with van der Waals surface area (Å²) in [6.45, 7) is 7.70. The van der Waals surface area contributed by atoms with Crippen LogP contribution >= 0.6 is 35.3 Å². The third kappa shape index (κ3) is 6.35. The number of nitrogens with zero attached hydrogens (tertiary/aromatic N) is 2. The van der Waals surface area contributed by atoms with Crippen molar-refractivity contribution in [3.63, 3.8) is 0 Å². The van der Waals surface area contributed by atoms with Crippen LogP contribution in [0.1, 0.15) is 35.7 Å². The van der Waals surface area contributed by atoms with Gasteiger partial charge in [-0.2, -0.15) is 0 Å². The van der Waals surface area contributed by atoms with E-state index < -0.39 is 0 Å². The molecule has 7 heteroatoms. The lowest BCUT2D eigenvalue weighted by Crippen LogP contribution is -2.36. The first-order valence-electron chi connectivity index (χ1n) is 7.82. The zero-order valence-electron chi connectivity index (χ0n) is 14.2. The Morgan fingerprint density at radius 1 is 1.29 bits per heavy atom. The van der Waals surface area contributed by atoms with E-state index in [1.54, 1.807) is 24.3 Å². The molecule has 0 aliphatic rings. The van der Waals surface area contributed by atoms with Gasteiger partial charge in [-0.25, -0.2) is 14.4 Å². The maximum absolute atomic E-state index is 13.6. The molecule has 132 valence electrons. The molecule has 0 amide bonds. The highest BCUT2D eigenvalue weighted by molar-refractivity contribution is 14.0. The number of nitrogens with one attached hydrogen (secondary N) is 2. The normalized spacial score (nSPS) is 11.1. The minimum Gasteiger partial charge on any atom is -0.357 e. The van der Waals surface area contributed by atoms with Gasteiger partial charge < -0.3 is 10.6 Å². The van der Waals surface area contributed by atoms with Crippen LogP contribution in [0.3, 0.4) is 0 Å². The molecule has 2 N–H and O–H groups in total. The lowest BCUT2D eigenvalue weighted by atomic mass is 10.1. The highest BCUT2D eigenvalue weighted by Crippen LogP contribution is 2.11. The van der Waals surface area contributed by atoms with Gasteiger partial charge in [0.25, 0.3) is 0 Å². The Bertz CT molecular complexity index is 672. The quantitative estimate of drug-likeness (QED) is 0.387. The van der Waals surface area contributed by atoms with E-state index in [1.807, 2.05) is 13.0 Å². The smallest absolute Gasteiger partial charge is 0.191 e. The van der Waals surface area contributed by atoms with E-state index in [1.165, 1.54) is 6.07 Å². The van der Waals surface area contributed by atoms with Crippen LogP contribution in [0.4, 0.5) is 4.39 Å². The Morgan fingerprint density at radius 3 is 2.71 bits per heavy atom. The molecule has 1 aromatic heterocycles. The molecule has 0 aliphatic heterocycles. The summed E-state index contributed by atoms with van der Waals surface area (Å²) in [5.41, 5.74) is 2.52. The number of benzene rings is 1. The van der Waals surface area contributed by atoms with Crippen LogP contribution in [0.2, 0.25) is 0 Å². The number of halogens is 2. The summed E-state index contributed by atoms with van der Waals surface area (Å²) in [6.07, 6.45) is 0.956. The Labute approximate surface area is 164 Å². The van der Waals surface area contributed by atoms with Gasteiger partial charge in [-0.3, -0.25) is 0 Å². The second-order valence-electron chi connectivity index (χ2n) is 5.22. The van der Waals surface area contributed by atoms with Gasteiger partial charge >= 0.3 is 0 Å². The van der Waals surface area contributed by atoms with Gasteiger partial charge in [-0.1, -0.05) is 19.1 Å². The number of aryl methyl sites for hydroxylation is 2. The molecule has 0 aliphatic carbocycles. The van der Waals surface area contributed by atoms with Crippen molar-refractivity contribution in [1.29, 1.82) is 0 Å². The number of guanidine groups is 1. The molecule has 0 radical (unpaired) electrons. The standard InChI is InChI=1S/C17H23FN4S.HI/c1-4-16-22-14(11-23-16)10-21-17(19-5-2)20-9-13-7-6-12(3)15(18)8-13;/h6-8,11H,4-5,9-10H2,1-3H3,(H2,19,20,21);1H. The largest absolute Gasteiger partial charge is 0.357 e. The first-order chi connectivity index (χ1) is 11.1. The van der Waals surface area contributed by atoms with Crippen LogP contribution in [-0.2, 0) is 19.5 Å². The van der Waals surface area contributed by atoms with Gasteiger partial charge in [0.15, 0.2) is 5.96 Å². The van der Waals surface area contributed by atoms with Crippen LogP contribution in [0.25, 0.3) is 0 Å². The average molecular weight is 462 g/mol. The summed E-state index contributed by atoms with van der Waals surface area (Å²) in [5.74, 6) is 0.518. The highest BCUT2D eigenvalue weighted by atomic mass is 127. The second-order valence-corrected chi connectivity index (χ2v) is 6.16. The van der Waals surface area contributed by atoms with Crippen LogP contribution in [0, 0.1) is 12.7 Å². The SMILES string of the molecule is CCNC(=NCc1ccc(C)c(F)c1)NCc1csc(CC)n1.I. The van der Waals surface area contributed by atoms with Crippen molar-refractivity contribution in [3.05, 3.63) is 51.2 Å². The minimum absolute atomic E-state index is 0. The molecule has 0 atom stereocenters. The van der Waals surface area contributed by atoms with Gasteiger partial charge in [-0.05, 0) is 37.5 Å². The third-order valence-electron chi connectivity index (χ3n) is 3.34. The summed E-state index contributed by atoms with van der Waals surface area (Å²) in [4.78, 5) is 9.02. The highest BCUT2D eigenvalue weighted by Gasteiger charge is 2.03. The fourth-order valence-corrected chi connectivity index (χ4v) is 2.76. The molecule has 0 spiro atoms. The number of thiazole rings is 1. The number of rotatable bonds is 6. The predicted octanol–water partition coefficient (Wildman–Crippen LogP) is 4.03. The van der Waals surface area contributed by atoms with Gasteiger partial charge in [-0.15, -0.1) is 35.3 Å². The van der Waals surface area contributed by atoms with E-state index in [0.717, 1.165) is 29.2 Å². The molecule has 0 fully saturated rings. The van der Waals surface area contributed by atoms with Gasteiger partial charge in [0, 0.05) is 11.9 Å². The summed E-state index contributed by atoms with van der Waals surface area (Å²) >= 11 is 1.67. The lowest BCUT2D eigenvalue weighted by molar-refractivity contribution is 0.616. The summed E-state index contributed by atoms with van der Waals surface area (Å²) in [7, 11) is 0. The molecule has 24 heavy (non-hydrogen) atoms. The Kier molecular flexibility index (Phi) is 9.20. The number of aromatic nitrogens is 1. The van der Waals surface area contributed by atoms with E-state index in [0.29, 0.717) is 24.6 Å². The maximum Gasteiger partial charge on any atom is 0.191 e. The number of hydrogen-bond donors (Lipinski definition) is 2. The summed E-state index contributed by atoms with van der Waals surface area (Å²) in [6, 6.07) is 5.22. The fraction of sp³-hybridized carbons (Fsp3) is 0.412. The molecule has 0 bridgehead atoms. The van der Waals surface area contributed by atoms with Crippen molar-refractivity contribution >= 4 is 41.3 Å². The van der Waals surface area contributed by atoms with Crippen molar-refractivity contribution in [2.24, 2.45) is 4.99 Å². The molecule has 1 heterocycles. The molecule has 2 aromatic rings. The van der Waals surface area contributed by atoms with Gasteiger partial charge in [0.1, 0.15) is 5.82 Å². The maximum atomic E-state index is 13.6. The zero-order chi connectivity index (χ0) is 16.7. The van der Waals surface area contributed by atoms with E-state index in [9.17, 15) is 4.39 Å². The molecule has 4 nitrogen and oxygen atoms in total. The van der Waals surface area contributed by atoms with Crippen molar-refractivity contribution in [2.75, 3.05) is 6.54 Å². The number of aliphatic imine (C=N–C) groups is 1. The third-order valence-corrected chi connectivity index (χ3v) is 4.38. The molecule has 2 rings (SSSR count). The van der Waals surface area contributed by atoms with Crippen LogP contribution in [-0.4, -0.2) is 17.5 Å². The Balaban J connectivity index is 0.00000288. The molecule has 0 saturated heterocycles. The molecular weight excluding hydrogens is 438 g/mol.